The predicted molar refractivity (Wildman–Crippen MR) is 149 cm³/mol. The number of amides is 1. The Hall–Kier alpha value is -2.73. The van der Waals surface area contributed by atoms with Gasteiger partial charge in [0.25, 0.3) is 5.91 Å². The van der Waals surface area contributed by atoms with Crippen LogP contribution in [-0.2, 0) is 11.4 Å². The minimum atomic E-state index is -0.241. The van der Waals surface area contributed by atoms with Gasteiger partial charge >= 0.3 is 0 Å². The third kappa shape index (κ3) is 6.49. The molecule has 3 aromatic rings. The number of carbonyl (C=O) groups is 1. The molecule has 1 saturated heterocycles. The van der Waals surface area contributed by atoms with Gasteiger partial charge in [-0.1, -0.05) is 53.5 Å². The van der Waals surface area contributed by atoms with E-state index in [1.54, 1.807) is 23.1 Å². The molecule has 1 fully saturated rings. The lowest BCUT2D eigenvalue weighted by atomic mass is 10.1. The van der Waals surface area contributed by atoms with Crippen molar-refractivity contribution in [1.29, 1.82) is 5.26 Å². The van der Waals surface area contributed by atoms with Crippen LogP contribution in [0.15, 0.2) is 72.3 Å². The summed E-state index contributed by atoms with van der Waals surface area (Å²) in [6.07, 6.45) is 1.64. The molecule has 5 nitrogen and oxygen atoms in total. The number of halogens is 3. The number of hydrogen-bond donors (Lipinski definition) is 0. The number of hydrogen-bond acceptors (Lipinski definition) is 4. The Morgan fingerprint density at radius 3 is 2.40 bits per heavy atom. The van der Waals surface area contributed by atoms with Crippen molar-refractivity contribution in [3.63, 3.8) is 0 Å². The van der Waals surface area contributed by atoms with E-state index in [0.717, 1.165) is 33.5 Å². The van der Waals surface area contributed by atoms with Gasteiger partial charge < -0.3 is 14.5 Å². The summed E-state index contributed by atoms with van der Waals surface area (Å²) < 4.78 is 6.79. The highest BCUT2D eigenvalue weighted by atomic mass is 127. The molecule has 0 unspecified atom stereocenters. The molecular formula is C27H22Cl2IN3O2. The van der Waals surface area contributed by atoms with Crippen molar-refractivity contribution >= 4 is 63.5 Å². The number of carbonyl (C=O) groups excluding carboxylic acids is 1. The normalized spacial score (nSPS) is 13.9. The highest BCUT2D eigenvalue weighted by molar-refractivity contribution is 14.1. The number of rotatable bonds is 6. The lowest BCUT2D eigenvalue weighted by molar-refractivity contribution is -0.126. The van der Waals surface area contributed by atoms with Gasteiger partial charge in [-0.05, 0) is 76.2 Å². The molecule has 0 spiro atoms. The standard InChI is InChI=1S/C27H22Cl2IN3O2/c28-23-8-6-20(15-24(23)29)18-35-26-9-7-19(16-25(26)30)14-21(17-31)27(34)33-12-10-32(11-13-33)22-4-2-1-3-5-22/h1-9,14-16H,10-13,18H2/b21-14-. The van der Waals surface area contributed by atoms with Crippen molar-refractivity contribution in [3.8, 4) is 11.8 Å². The topological polar surface area (TPSA) is 56.6 Å². The van der Waals surface area contributed by atoms with Crippen molar-refractivity contribution in [3.05, 3.63) is 97.0 Å². The van der Waals surface area contributed by atoms with Crippen LogP contribution in [-0.4, -0.2) is 37.0 Å². The summed E-state index contributed by atoms with van der Waals surface area (Å²) in [5.41, 5.74) is 2.94. The summed E-state index contributed by atoms with van der Waals surface area (Å²) in [6, 6.07) is 23.2. The first-order valence-electron chi connectivity index (χ1n) is 11.0. The predicted octanol–water partition coefficient (Wildman–Crippen LogP) is 6.43. The Bertz CT molecular complexity index is 1280. The SMILES string of the molecule is N#C/C(=C/c1ccc(OCc2ccc(Cl)c(Cl)c2)c(I)c1)C(=O)N1CCN(c2ccccc2)CC1. The highest BCUT2D eigenvalue weighted by Crippen LogP contribution is 2.27. The lowest BCUT2D eigenvalue weighted by Gasteiger charge is -2.36. The van der Waals surface area contributed by atoms with Crippen LogP contribution in [0.25, 0.3) is 6.08 Å². The first kappa shape index (κ1) is 25.4. The summed E-state index contributed by atoms with van der Waals surface area (Å²) in [4.78, 5) is 17.0. The monoisotopic (exact) mass is 617 g/mol. The number of benzene rings is 3. The number of para-hydroxylation sites is 1. The fraction of sp³-hybridized carbons (Fsp3) is 0.185. The molecule has 1 aliphatic heterocycles. The zero-order valence-electron chi connectivity index (χ0n) is 18.8. The molecular weight excluding hydrogens is 596 g/mol. The molecule has 0 bridgehead atoms. The largest absolute Gasteiger partial charge is 0.488 e. The van der Waals surface area contributed by atoms with Crippen LogP contribution in [0.2, 0.25) is 10.0 Å². The third-order valence-corrected chi connectivity index (χ3v) is 7.27. The van der Waals surface area contributed by atoms with Gasteiger partial charge in [-0.3, -0.25) is 4.79 Å². The minimum Gasteiger partial charge on any atom is -0.488 e. The van der Waals surface area contributed by atoms with E-state index in [9.17, 15) is 10.1 Å². The maximum Gasteiger partial charge on any atom is 0.264 e. The van der Waals surface area contributed by atoms with E-state index in [4.69, 9.17) is 27.9 Å². The van der Waals surface area contributed by atoms with Crippen LogP contribution < -0.4 is 9.64 Å². The van der Waals surface area contributed by atoms with Crippen LogP contribution in [0.4, 0.5) is 5.69 Å². The molecule has 1 amide bonds. The second-order valence-electron chi connectivity index (χ2n) is 8.01. The summed E-state index contributed by atoms with van der Waals surface area (Å²) in [5, 5.41) is 10.7. The van der Waals surface area contributed by atoms with Crippen molar-refractivity contribution in [2.24, 2.45) is 0 Å². The van der Waals surface area contributed by atoms with E-state index < -0.39 is 0 Å². The molecule has 0 radical (unpaired) electrons. The second kappa shape index (κ2) is 11.8. The molecule has 3 aromatic carbocycles. The van der Waals surface area contributed by atoms with Gasteiger partial charge in [0.15, 0.2) is 0 Å². The van der Waals surface area contributed by atoms with Gasteiger partial charge in [0.1, 0.15) is 24.0 Å². The van der Waals surface area contributed by atoms with E-state index in [0.29, 0.717) is 35.5 Å². The summed E-state index contributed by atoms with van der Waals surface area (Å²) in [7, 11) is 0. The summed E-state index contributed by atoms with van der Waals surface area (Å²) in [5.74, 6) is 0.464. The Kier molecular flexibility index (Phi) is 8.55. The van der Waals surface area contributed by atoms with Crippen LogP contribution >= 0.6 is 45.8 Å². The van der Waals surface area contributed by atoms with Gasteiger partial charge in [-0.2, -0.15) is 5.26 Å². The molecule has 178 valence electrons. The first-order chi connectivity index (χ1) is 16.9. The van der Waals surface area contributed by atoms with Gasteiger partial charge in [-0.15, -0.1) is 0 Å². The minimum absolute atomic E-state index is 0.124. The maximum atomic E-state index is 13.0. The molecule has 0 aromatic heterocycles. The summed E-state index contributed by atoms with van der Waals surface area (Å²) in [6.45, 7) is 2.96. The quantitative estimate of drug-likeness (QED) is 0.182. The Morgan fingerprint density at radius 2 is 1.74 bits per heavy atom. The van der Waals surface area contributed by atoms with E-state index in [1.165, 1.54) is 0 Å². The van der Waals surface area contributed by atoms with E-state index in [2.05, 4.69) is 45.7 Å². The smallest absolute Gasteiger partial charge is 0.264 e. The first-order valence-corrected chi connectivity index (χ1v) is 12.9. The zero-order valence-corrected chi connectivity index (χ0v) is 22.4. The van der Waals surface area contributed by atoms with E-state index >= 15 is 0 Å². The Morgan fingerprint density at radius 1 is 1.00 bits per heavy atom. The van der Waals surface area contributed by atoms with Crippen LogP contribution in [0.3, 0.4) is 0 Å². The van der Waals surface area contributed by atoms with E-state index in [-0.39, 0.29) is 11.5 Å². The molecule has 0 atom stereocenters. The van der Waals surface area contributed by atoms with Crippen molar-refractivity contribution < 1.29 is 9.53 Å². The molecule has 8 heteroatoms. The van der Waals surface area contributed by atoms with Crippen LogP contribution in [0, 0.1) is 14.9 Å². The van der Waals surface area contributed by atoms with Crippen LogP contribution in [0.5, 0.6) is 5.75 Å². The number of piperazine rings is 1. The van der Waals surface area contributed by atoms with Gasteiger partial charge in [0, 0.05) is 31.9 Å². The van der Waals surface area contributed by atoms with Gasteiger partial charge in [0.2, 0.25) is 0 Å². The number of anilines is 1. The third-order valence-electron chi connectivity index (χ3n) is 5.68. The lowest BCUT2D eigenvalue weighted by Crippen LogP contribution is -2.49. The average Bonchev–Trinajstić information content (AvgIpc) is 2.89. The Balaban J connectivity index is 1.39. The van der Waals surface area contributed by atoms with Crippen molar-refractivity contribution in [2.75, 3.05) is 31.1 Å². The fourth-order valence-electron chi connectivity index (χ4n) is 3.80. The average molecular weight is 618 g/mol. The second-order valence-corrected chi connectivity index (χ2v) is 9.99. The van der Waals surface area contributed by atoms with E-state index in [1.807, 2.05) is 42.5 Å². The number of nitrogens with zero attached hydrogens (tertiary/aromatic N) is 3. The number of nitriles is 1. The van der Waals surface area contributed by atoms with Gasteiger partial charge in [-0.25, -0.2) is 0 Å². The molecule has 0 N–H and O–H groups in total. The molecule has 0 aliphatic carbocycles. The fourth-order valence-corrected chi connectivity index (χ4v) is 4.82. The van der Waals surface area contributed by atoms with Gasteiger partial charge in [0.05, 0.1) is 13.6 Å². The summed E-state index contributed by atoms with van der Waals surface area (Å²) >= 11 is 14.2. The Labute approximate surface area is 228 Å². The maximum absolute atomic E-state index is 13.0. The van der Waals surface area contributed by atoms with Crippen molar-refractivity contribution in [2.45, 2.75) is 6.61 Å². The molecule has 4 rings (SSSR count). The highest BCUT2D eigenvalue weighted by Gasteiger charge is 2.24. The van der Waals surface area contributed by atoms with Crippen molar-refractivity contribution in [1.82, 2.24) is 4.90 Å². The number of ether oxygens (including phenoxy) is 1. The van der Waals surface area contributed by atoms with Crippen LogP contribution in [0.1, 0.15) is 11.1 Å². The zero-order chi connectivity index (χ0) is 24.8. The molecule has 0 saturated carbocycles. The molecule has 1 heterocycles. The molecule has 1 aliphatic rings. The molecule has 35 heavy (non-hydrogen) atoms.